The fraction of sp³-hybridized carbons (Fsp3) is 0.259. The van der Waals surface area contributed by atoms with Crippen LogP contribution in [0, 0.1) is 13.8 Å². The van der Waals surface area contributed by atoms with Gasteiger partial charge in [-0.05, 0) is 74.6 Å². The predicted molar refractivity (Wildman–Crippen MR) is 132 cm³/mol. The summed E-state index contributed by atoms with van der Waals surface area (Å²) in [5, 5.41) is 8.97. The van der Waals surface area contributed by atoms with E-state index in [2.05, 4.69) is 75.8 Å². The van der Waals surface area contributed by atoms with E-state index in [1.54, 1.807) is 0 Å². The molecule has 4 heterocycles. The smallest absolute Gasteiger partial charge is 0.116 e. The number of H-pyrrole nitrogens is 2. The maximum absolute atomic E-state index is 4.67. The van der Waals surface area contributed by atoms with Crippen molar-refractivity contribution in [2.75, 3.05) is 13.1 Å². The standard InChI is InChI=1S/C27H29N5/c1-4-8-26(32-13-6-5-7-14-32)21-16-25(29-19(21)3)27-22-15-20(9-10-24(22)30-31-27)23-17-28-12-11-18(23)2/h4,8-12,15-17,29H,1,5-7,13-14H2,2-3H3,(H,30,31)/b26-8+. The molecule has 0 atom stereocenters. The molecule has 0 unspecified atom stereocenters. The summed E-state index contributed by atoms with van der Waals surface area (Å²) < 4.78 is 0. The molecule has 32 heavy (non-hydrogen) atoms. The Morgan fingerprint density at radius 3 is 2.72 bits per heavy atom. The van der Waals surface area contributed by atoms with Gasteiger partial charge in [-0.3, -0.25) is 10.1 Å². The molecule has 1 fully saturated rings. The number of aromatic amines is 2. The highest BCUT2D eigenvalue weighted by Gasteiger charge is 2.20. The number of likely N-dealkylation sites (tertiary alicyclic amines) is 1. The number of hydrogen-bond donors (Lipinski definition) is 2. The second-order valence-electron chi connectivity index (χ2n) is 8.58. The van der Waals surface area contributed by atoms with Crippen molar-refractivity contribution < 1.29 is 0 Å². The van der Waals surface area contributed by atoms with Crippen LogP contribution in [0.25, 0.3) is 39.1 Å². The van der Waals surface area contributed by atoms with Crippen LogP contribution in [-0.2, 0) is 0 Å². The number of rotatable bonds is 5. The third-order valence-electron chi connectivity index (χ3n) is 6.43. The van der Waals surface area contributed by atoms with Gasteiger partial charge in [-0.25, -0.2) is 0 Å². The quantitative estimate of drug-likeness (QED) is 0.373. The highest BCUT2D eigenvalue weighted by molar-refractivity contribution is 5.95. The summed E-state index contributed by atoms with van der Waals surface area (Å²) >= 11 is 0. The number of allylic oxidation sites excluding steroid dienone is 2. The Bertz CT molecular complexity index is 1300. The SMILES string of the molecule is C=C/C=C(\c1cc(-c2n[nH]c3ccc(-c4cnccc4C)cc23)[nH]c1C)N1CCCCC1. The minimum Gasteiger partial charge on any atom is -0.371 e. The lowest BCUT2D eigenvalue weighted by Gasteiger charge is -2.31. The fourth-order valence-corrected chi connectivity index (χ4v) is 4.72. The van der Waals surface area contributed by atoms with Crippen molar-refractivity contribution in [1.82, 2.24) is 25.1 Å². The first kappa shape index (κ1) is 20.3. The largest absolute Gasteiger partial charge is 0.371 e. The van der Waals surface area contributed by atoms with Gasteiger partial charge in [0.1, 0.15) is 5.69 Å². The molecule has 0 saturated carbocycles. The number of hydrogen-bond acceptors (Lipinski definition) is 3. The van der Waals surface area contributed by atoms with Crippen LogP contribution in [0.1, 0.15) is 36.1 Å². The Morgan fingerprint density at radius 2 is 1.94 bits per heavy atom. The highest BCUT2D eigenvalue weighted by atomic mass is 15.1. The zero-order valence-corrected chi connectivity index (χ0v) is 18.8. The van der Waals surface area contributed by atoms with Crippen LogP contribution in [-0.4, -0.2) is 38.2 Å². The zero-order valence-electron chi connectivity index (χ0n) is 18.8. The molecule has 3 aromatic heterocycles. The normalized spacial score (nSPS) is 14.8. The first-order valence-corrected chi connectivity index (χ1v) is 11.3. The molecule has 162 valence electrons. The van der Waals surface area contributed by atoms with E-state index in [0.717, 1.165) is 52.2 Å². The molecule has 0 bridgehead atoms. The molecule has 1 aliphatic heterocycles. The molecule has 5 rings (SSSR count). The second-order valence-corrected chi connectivity index (χ2v) is 8.58. The van der Waals surface area contributed by atoms with Crippen molar-refractivity contribution in [3.05, 3.63) is 78.3 Å². The second kappa shape index (κ2) is 8.50. The Morgan fingerprint density at radius 1 is 1.09 bits per heavy atom. The third-order valence-corrected chi connectivity index (χ3v) is 6.43. The van der Waals surface area contributed by atoms with E-state index in [0.29, 0.717) is 0 Å². The average Bonchev–Trinajstić information content (AvgIpc) is 3.41. The first-order chi connectivity index (χ1) is 15.7. The van der Waals surface area contributed by atoms with Gasteiger partial charge in [-0.15, -0.1) is 0 Å². The number of pyridine rings is 1. The summed E-state index contributed by atoms with van der Waals surface area (Å²) in [5.41, 5.74) is 10.1. The molecule has 0 spiro atoms. The van der Waals surface area contributed by atoms with E-state index in [1.807, 2.05) is 24.5 Å². The van der Waals surface area contributed by atoms with Gasteiger partial charge in [-0.1, -0.05) is 18.7 Å². The van der Waals surface area contributed by atoms with Crippen molar-refractivity contribution in [1.29, 1.82) is 0 Å². The average molecular weight is 424 g/mol. The molecule has 2 N–H and O–H groups in total. The molecule has 0 radical (unpaired) electrons. The summed E-state index contributed by atoms with van der Waals surface area (Å²) in [6, 6.07) is 10.7. The van der Waals surface area contributed by atoms with Crippen LogP contribution >= 0.6 is 0 Å². The van der Waals surface area contributed by atoms with Gasteiger partial charge in [0.25, 0.3) is 0 Å². The minimum atomic E-state index is 0.939. The van der Waals surface area contributed by atoms with Crippen LogP contribution in [0.4, 0.5) is 0 Å². The molecule has 5 heteroatoms. The van der Waals surface area contributed by atoms with Crippen molar-refractivity contribution in [2.24, 2.45) is 0 Å². The Hall–Kier alpha value is -3.60. The minimum absolute atomic E-state index is 0.939. The lowest BCUT2D eigenvalue weighted by atomic mass is 10.0. The highest BCUT2D eigenvalue weighted by Crippen LogP contribution is 2.34. The van der Waals surface area contributed by atoms with Gasteiger partial charge < -0.3 is 9.88 Å². The van der Waals surface area contributed by atoms with Gasteiger partial charge in [-0.2, -0.15) is 5.10 Å². The summed E-state index contributed by atoms with van der Waals surface area (Å²) in [4.78, 5) is 10.4. The monoisotopic (exact) mass is 423 g/mol. The topological polar surface area (TPSA) is 60.6 Å². The summed E-state index contributed by atoms with van der Waals surface area (Å²) in [6.45, 7) is 10.4. The predicted octanol–water partition coefficient (Wildman–Crippen LogP) is 6.25. The molecule has 1 aromatic carbocycles. The molecule has 4 aromatic rings. The zero-order chi connectivity index (χ0) is 22.1. The maximum Gasteiger partial charge on any atom is 0.116 e. The number of aryl methyl sites for hydroxylation is 2. The Balaban J connectivity index is 1.57. The van der Waals surface area contributed by atoms with E-state index >= 15 is 0 Å². The van der Waals surface area contributed by atoms with Crippen molar-refractivity contribution in [3.8, 4) is 22.5 Å². The lowest BCUT2D eigenvalue weighted by molar-refractivity contribution is 0.326. The number of aromatic nitrogens is 4. The maximum atomic E-state index is 4.67. The molecule has 1 saturated heterocycles. The van der Waals surface area contributed by atoms with Crippen molar-refractivity contribution >= 4 is 16.6 Å². The summed E-state index contributed by atoms with van der Waals surface area (Å²) in [6.07, 6.45) is 11.6. The van der Waals surface area contributed by atoms with Crippen molar-refractivity contribution in [3.63, 3.8) is 0 Å². The van der Waals surface area contributed by atoms with E-state index in [9.17, 15) is 0 Å². The number of fused-ring (bicyclic) bond motifs is 1. The third kappa shape index (κ3) is 3.64. The van der Waals surface area contributed by atoms with Gasteiger partial charge in [0, 0.05) is 53.4 Å². The molecule has 0 aliphatic carbocycles. The van der Waals surface area contributed by atoms with Crippen LogP contribution in [0.2, 0.25) is 0 Å². The van der Waals surface area contributed by atoms with E-state index in [-0.39, 0.29) is 0 Å². The molecule has 1 aliphatic rings. The van der Waals surface area contributed by atoms with Crippen LogP contribution < -0.4 is 0 Å². The number of nitrogens with zero attached hydrogens (tertiary/aromatic N) is 3. The van der Waals surface area contributed by atoms with E-state index in [4.69, 9.17) is 0 Å². The lowest BCUT2D eigenvalue weighted by Crippen LogP contribution is -2.28. The Labute approximate surface area is 188 Å². The molecular weight excluding hydrogens is 394 g/mol. The molecule has 0 amide bonds. The van der Waals surface area contributed by atoms with Gasteiger partial charge in [0.15, 0.2) is 0 Å². The van der Waals surface area contributed by atoms with Crippen molar-refractivity contribution in [2.45, 2.75) is 33.1 Å². The van der Waals surface area contributed by atoms with E-state index in [1.165, 1.54) is 36.1 Å². The van der Waals surface area contributed by atoms with Gasteiger partial charge in [0.2, 0.25) is 0 Å². The number of piperidine rings is 1. The van der Waals surface area contributed by atoms with Crippen LogP contribution in [0.15, 0.2) is 61.5 Å². The molecular formula is C27H29N5. The summed E-state index contributed by atoms with van der Waals surface area (Å²) in [7, 11) is 0. The first-order valence-electron chi connectivity index (χ1n) is 11.3. The summed E-state index contributed by atoms with van der Waals surface area (Å²) in [5.74, 6) is 0. The Kier molecular flexibility index (Phi) is 5.39. The number of nitrogens with one attached hydrogen (secondary N) is 2. The van der Waals surface area contributed by atoms with Crippen LogP contribution in [0.5, 0.6) is 0 Å². The molecule has 5 nitrogen and oxygen atoms in total. The van der Waals surface area contributed by atoms with E-state index < -0.39 is 0 Å². The van der Waals surface area contributed by atoms with Gasteiger partial charge in [0.05, 0.1) is 11.2 Å². The van der Waals surface area contributed by atoms with Crippen LogP contribution in [0.3, 0.4) is 0 Å². The number of benzene rings is 1. The van der Waals surface area contributed by atoms with Gasteiger partial charge >= 0.3 is 0 Å². The fourth-order valence-electron chi connectivity index (χ4n) is 4.72.